The van der Waals surface area contributed by atoms with Gasteiger partial charge in [0, 0.05) is 36.9 Å². The SMILES string of the molecule is Cc1ccc(CNC(=O)C2CCN(C(=O)CCCc3cccs3)CC2)cc1F. The van der Waals surface area contributed by atoms with Gasteiger partial charge < -0.3 is 10.2 Å². The monoisotopic (exact) mass is 402 g/mol. The van der Waals surface area contributed by atoms with Crippen LogP contribution in [0, 0.1) is 18.7 Å². The maximum atomic E-state index is 13.6. The van der Waals surface area contributed by atoms with Gasteiger partial charge >= 0.3 is 0 Å². The second-order valence-electron chi connectivity index (χ2n) is 7.39. The summed E-state index contributed by atoms with van der Waals surface area (Å²) in [6.45, 7) is 3.32. The van der Waals surface area contributed by atoms with E-state index in [-0.39, 0.29) is 23.5 Å². The molecule has 1 N–H and O–H groups in total. The van der Waals surface area contributed by atoms with Gasteiger partial charge in [0.25, 0.3) is 0 Å². The van der Waals surface area contributed by atoms with Crippen LogP contribution in [0.4, 0.5) is 4.39 Å². The number of hydrogen-bond acceptors (Lipinski definition) is 3. The van der Waals surface area contributed by atoms with E-state index in [9.17, 15) is 14.0 Å². The Morgan fingerprint density at radius 3 is 2.71 bits per heavy atom. The Morgan fingerprint density at radius 1 is 1.25 bits per heavy atom. The van der Waals surface area contributed by atoms with Gasteiger partial charge in [-0.15, -0.1) is 11.3 Å². The molecule has 2 aromatic rings. The lowest BCUT2D eigenvalue weighted by Crippen LogP contribution is -2.42. The second kappa shape index (κ2) is 9.82. The molecule has 1 saturated heterocycles. The molecule has 0 saturated carbocycles. The Morgan fingerprint density at radius 2 is 2.04 bits per heavy atom. The molecule has 1 fully saturated rings. The van der Waals surface area contributed by atoms with Crippen LogP contribution in [0.1, 0.15) is 41.7 Å². The van der Waals surface area contributed by atoms with Crippen LogP contribution in [0.25, 0.3) is 0 Å². The number of benzene rings is 1. The zero-order valence-electron chi connectivity index (χ0n) is 16.2. The third kappa shape index (κ3) is 5.64. The molecule has 0 unspecified atom stereocenters. The lowest BCUT2D eigenvalue weighted by Gasteiger charge is -2.31. The Hall–Kier alpha value is -2.21. The first-order valence-electron chi connectivity index (χ1n) is 9.86. The van der Waals surface area contributed by atoms with E-state index in [2.05, 4.69) is 16.8 Å². The molecule has 1 aromatic carbocycles. The number of nitrogens with one attached hydrogen (secondary N) is 1. The number of aryl methyl sites for hydroxylation is 2. The summed E-state index contributed by atoms with van der Waals surface area (Å²) in [5, 5.41) is 4.96. The fraction of sp³-hybridized carbons (Fsp3) is 0.455. The number of thiophene rings is 1. The molecule has 28 heavy (non-hydrogen) atoms. The molecule has 1 aliphatic heterocycles. The van der Waals surface area contributed by atoms with Gasteiger partial charge in [-0.3, -0.25) is 9.59 Å². The molecule has 0 radical (unpaired) electrons. The van der Waals surface area contributed by atoms with Crippen molar-refractivity contribution in [2.24, 2.45) is 5.92 Å². The van der Waals surface area contributed by atoms with Crippen molar-refractivity contribution in [2.45, 2.75) is 45.6 Å². The summed E-state index contributed by atoms with van der Waals surface area (Å²) in [7, 11) is 0. The zero-order valence-corrected chi connectivity index (χ0v) is 17.1. The average Bonchev–Trinajstić information content (AvgIpc) is 3.22. The lowest BCUT2D eigenvalue weighted by molar-refractivity contribution is -0.135. The third-order valence-corrected chi connectivity index (χ3v) is 6.25. The molecule has 2 amide bonds. The van der Waals surface area contributed by atoms with Gasteiger partial charge in [0.15, 0.2) is 0 Å². The topological polar surface area (TPSA) is 49.4 Å². The maximum absolute atomic E-state index is 13.6. The van der Waals surface area contributed by atoms with Crippen molar-refractivity contribution >= 4 is 23.2 Å². The highest BCUT2D eigenvalue weighted by Gasteiger charge is 2.26. The standard InChI is InChI=1S/C22H27FN2O2S/c1-16-7-8-17(14-20(16)23)15-24-22(27)18-9-11-25(12-10-18)21(26)6-2-4-19-5-3-13-28-19/h3,5,7-8,13-14,18H,2,4,6,9-12,15H2,1H3,(H,24,27). The Kier molecular flexibility index (Phi) is 7.20. The number of piperidine rings is 1. The number of halogens is 1. The average molecular weight is 403 g/mol. The summed E-state index contributed by atoms with van der Waals surface area (Å²) in [5.74, 6) is -0.153. The number of carbonyl (C=O) groups excluding carboxylic acids is 2. The summed E-state index contributed by atoms with van der Waals surface area (Å²) < 4.78 is 13.6. The summed E-state index contributed by atoms with van der Waals surface area (Å²) >= 11 is 1.73. The van der Waals surface area contributed by atoms with E-state index < -0.39 is 0 Å². The van der Waals surface area contributed by atoms with Crippen LogP contribution in [-0.4, -0.2) is 29.8 Å². The third-order valence-electron chi connectivity index (χ3n) is 5.32. The molecular formula is C22H27FN2O2S. The summed E-state index contributed by atoms with van der Waals surface area (Å²) in [4.78, 5) is 28.0. The van der Waals surface area contributed by atoms with Crippen LogP contribution in [0.15, 0.2) is 35.7 Å². The molecule has 0 bridgehead atoms. The Balaban J connectivity index is 1.37. The number of rotatable bonds is 7. The minimum Gasteiger partial charge on any atom is -0.352 e. The van der Waals surface area contributed by atoms with E-state index in [0.717, 1.165) is 18.4 Å². The van der Waals surface area contributed by atoms with Gasteiger partial charge in [0.05, 0.1) is 0 Å². The molecular weight excluding hydrogens is 375 g/mol. The van der Waals surface area contributed by atoms with E-state index in [1.807, 2.05) is 17.0 Å². The van der Waals surface area contributed by atoms with Gasteiger partial charge in [-0.05, 0) is 61.2 Å². The maximum Gasteiger partial charge on any atom is 0.223 e. The van der Waals surface area contributed by atoms with Gasteiger partial charge in [-0.1, -0.05) is 18.2 Å². The highest BCUT2D eigenvalue weighted by Crippen LogP contribution is 2.19. The normalized spacial score (nSPS) is 14.9. The molecule has 0 atom stereocenters. The van der Waals surface area contributed by atoms with Gasteiger partial charge in [0.1, 0.15) is 5.82 Å². The number of amides is 2. The second-order valence-corrected chi connectivity index (χ2v) is 8.42. The predicted molar refractivity (Wildman–Crippen MR) is 110 cm³/mol. The number of likely N-dealkylation sites (tertiary alicyclic amines) is 1. The van der Waals surface area contributed by atoms with Crippen LogP contribution in [0.2, 0.25) is 0 Å². The molecule has 1 aromatic heterocycles. The first-order chi connectivity index (χ1) is 13.5. The molecule has 0 aliphatic carbocycles. The van der Waals surface area contributed by atoms with E-state index in [0.29, 0.717) is 44.5 Å². The quantitative estimate of drug-likeness (QED) is 0.759. The minimum absolute atomic E-state index is 0.00854. The van der Waals surface area contributed by atoms with Crippen molar-refractivity contribution < 1.29 is 14.0 Å². The van der Waals surface area contributed by atoms with Gasteiger partial charge in [-0.2, -0.15) is 0 Å². The number of nitrogens with zero attached hydrogens (tertiary/aromatic N) is 1. The van der Waals surface area contributed by atoms with E-state index in [1.165, 1.54) is 10.9 Å². The number of hydrogen-bond donors (Lipinski definition) is 1. The van der Waals surface area contributed by atoms with Crippen LogP contribution in [0.5, 0.6) is 0 Å². The fourth-order valence-electron chi connectivity index (χ4n) is 3.50. The molecule has 2 heterocycles. The van der Waals surface area contributed by atoms with Crippen LogP contribution in [0.3, 0.4) is 0 Å². The molecule has 4 nitrogen and oxygen atoms in total. The van der Waals surface area contributed by atoms with Crippen molar-refractivity contribution in [2.75, 3.05) is 13.1 Å². The molecule has 1 aliphatic rings. The molecule has 3 rings (SSSR count). The van der Waals surface area contributed by atoms with Crippen LogP contribution < -0.4 is 5.32 Å². The summed E-state index contributed by atoms with van der Waals surface area (Å²) in [6.07, 6.45) is 3.75. The van der Waals surface area contributed by atoms with Crippen molar-refractivity contribution in [1.82, 2.24) is 10.2 Å². The first kappa shape index (κ1) is 20.5. The largest absolute Gasteiger partial charge is 0.352 e. The number of carbonyl (C=O) groups is 2. The first-order valence-corrected chi connectivity index (χ1v) is 10.7. The fourth-order valence-corrected chi connectivity index (χ4v) is 4.25. The van der Waals surface area contributed by atoms with E-state index >= 15 is 0 Å². The molecule has 6 heteroatoms. The predicted octanol–water partition coefficient (Wildman–Crippen LogP) is 4.07. The highest BCUT2D eigenvalue weighted by molar-refractivity contribution is 7.09. The van der Waals surface area contributed by atoms with Crippen molar-refractivity contribution in [1.29, 1.82) is 0 Å². The van der Waals surface area contributed by atoms with E-state index in [1.54, 1.807) is 24.3 Å². The summed E-state index contributed by atoms with van der Waals surface area (Å²) in [6, 6.07) is 9.15. The van der Waals surface area contributed by atoms with Gasteiger partial charge in [-0.25, -0.2) is 4.39 Å². The Labute approximate surface area is 169 Å². The van der Waals surface area contributed by atoms with Crippen LogP contribution in [-0.2, 0) is 22.6 Å². The lowest BCUT2D eigenvalue weighted by atomic mass is 9.95. The van der Waals surface area contributed by atoms with E-state index in [4.69, 9.17) is 0 Å². The molecule has 150 valence electrons. The van der Waals surface area contributed by atoms with Crippen LogP contribution >= 0.6 is 11.3 Å². The van der Waals surface area contributed by atoms with Gasteiger partial charge in [0.2, 0.25) is 11.8 Å². The zero-order chi connectivity index (χ0) is 19.9. The van der Waals surface area contributed by atoms with Crippen molar-refractivity contribution in [3.63, 3.8) is 0 Å². The van der Waals surface area contributed by atoms with Crippen molar-refractivity contribution in [3.8, 4) is 0 Å². The smallest absolute Gasteiger partial charge is 0.223 e. The highest BCUT2D eigenvalue weighted by atomic mass is 32.1. The minimum atomic E-state index is -0.252. The Bertz CT molecular complexity index is 799. The summed E-state index contributed by atoms with van der Waals surface area (Å²) in [5.41, 5.74) is 1.36. The molecule has 0 spiro atoms. The van der Waals surface area contributed by atoms with Crippen molar-refractivity contribution in [3.05, 3.63) is 57.5 Å².